The Morgan fingerprint density at radius 1 is 1.32 bits per heavy atom. The Labute approximate surface area is 147 Å². The molecule has 1 aromatic heterocycles. The van der Waals surface area contributed by atoms with Gasteiger partial charge in [-0.25, -0.2) is 4.98 Å². The van der Waals surface area contributed by atoms with Crippen LogP contribution in [0.1, 0.15) is 22.3 Å². The molecule has 0 bridgehead atoms. The van der Waals surface area contributed by atoms with Crippen molar-refractivity contribution >= 4 is 11.7 Å². The summed E-state index contributed by atoms with van der Waals surface area (Å²) in [6.45, 7) is 1.20. The summed E-state index contributed by atoms with van der Waals surface area (Å²) >= 11 is 0. The molecule has 0 saturated carbocycles. The Kier molecular flexibility index (Phi) is 4.85. The topological polar surface area (TPSA) is 69.5 Å². The van der Waals surface area contributed by atoms with E-state index in [1.807, 2.05) is 31.1 Å². The van der Waals surface area contributed by atoms with E-state index in [2.05, 4.69) is 11.1 Å². The minimum absolute atomic E-state index is 0.0328. The zero-order valence-electron chi connectivity index (χ0n) is 14.3. The summed E-state index contributed by atoms with van der Waals surface area (Å²) in [6, 6.07) is 12.5. The van der Waals surface area contributed by atoms with Crippen molar-refractivity contribution in [3.8, 4) is 11.8 Å². The third-order valence-electron chi connectivity index (χ3n) is 4.16. The summed E-state index contributed by atoms with van der Waals surface area (Å²) in [5, 5.41) is 8.84. The van der Waals surface area contributed by atoms with Gasteiger partial charge in [0.2, 0.25) is 0 Å². The van der Waals surface area contributed by atoms with Crippen LogP contribution in [0.2, 0.25) is 0 Å². The molecule has 1 aliphatic heterocycles. The molecule has 0 aliphatic carbocycles. The normalized spacial score (nSPS) is 16.4. The third kappa shape index (κ3) is 3.72. The number of benzene rings is 1. The molecule has 6 nitrogen and oxygen atoms in total. The van der Waals surface area contributed by atoms with Crippen molar-refractivity contribution in [2.45, 2.75) is 12.5 Å². The van der Waals surface area contributed by atoms with E-state index in [9.17, 15) is 4.79 Å². The van der Waals surface area contributed by atoms with Crippen molar-refractivity contribution < 1.29 is 9.53 Å². The second kappa shape index (κ2) is 7.22. The predicted octanol–water partition coefficient (Wildman–Crippen LogP) is 2.31. The zero-order chi connectivity index (χ0) is 17.8. The number of amides is 1. The molecule has 1 amide bonds. The first-order chi connectivity index (χ1) is 12.1. The predicted molar refractivity (Wildman–Crippen MR) is 94.7 cm³/mol. The van der Waals surface area contributed by atoms with Gasteiger partial charge in [-0.1, -0.05) is 0 Å². The molecular formula is C19H20N4O2. The van der Waals surface area contributed by atoms with Gasteiger partial charge in [-0.15, -0.1) is 0 Å². The minimum Gasteiger partial charge on any atom is -0.485 e. The standard InChI is InChI=1S/C19H20N4O2/c1-22(2)18-17(4-3-10-21-18)25-16-9-11-23(13-16)19(24)15-7-5-14(12-20)6-8-15/h3-8,10,16H,9,11,13H2,1-2H3. The van der Waals surface area contributed by atoms with Gasteiger partial charge in [0.05, 0.1) is 18.2 Å². The van der Waals surface area contributed by atoms with Crippen molar-refractivity contribution in [3.05, 3.63) is 53.7 Å². The van der Waals surface area contributed by atoms with E-state index >= 15 is 0 Å². The van der Waals surface area contributed by atoms with Gasteiger partial charge in [-0.05, 0) is 36.4 Å². The van der Waals surface area contributed by atoms with Crippen LogP contribution < -0.4 is 9.64 Å². The maximum atomic E-state index is 12.6. The van der Waals surface area contributed by atoms with Gasteiger partial charge in [0.25, 0.3) is 5.91 Å². The molecule has 2 heterocycles. The fourth-order valence-corrected chi connectivity index (χ4v) is 2.87. The van der Waals surface area contributed by atoms with Crippen molar-refractivity contribution in [2.75, 3.05) is 32.1 Å². The zero-order valence-corrected chi connectivity index (χ0v) is 14.3. The number of carbonyl (C=O) groups is 1. The molecule has 1 unspecified atom stereocenters. The molecule has 6 heteroatoms. The van der Waals surface area contributed by atoms with Gasteiger partial charge in [-0.3, -0.25) is 4.79 Å². The number of ether oxygens (including phenoxy) is 1. The largest absolute Gasteiger partial charge is 0.485 e. The molecule has 1 fully saturated rings. The van der Waals surface area contributed by atoms with Gasteiger partial charge in [-0.2, -0.15) is 5.26 Å². The highest BCUT2D eigenvalue weighted by Gasteiger charge is 2.29. The smallest absolute Gasteiger partial charge is 0.253 e. The molecule has 25 heavy (non-hydrogen) atoms. The monoisotopic (exact) mass is 336 g/mol. The summed E-state index contributed by atoms with van der Waals surface area (Å²) in [5.74, 6) is 1.47. The summed E-state index contributed by atoms with van der Waals surface area (Å²) in [6.07, 6.45) is 2.46. The molecule has 0 spiro atoms. The van der Waals surface area contributed by atoms with Gasteiger partial charge in [0.1, 0.15) is 6.10 Å². The van der Waals surface area contributed by atoms with Crippen LogP contribution >= 0.6 is 0 Å². The van der Waals surface area contributed by atoms with Gasteiger partial charge in [0, 0.05) is 38.8 Å². The number of likely N-dealkylation sites (tertiary alicyclic amines) is 1. The SMILES string of the molecule is CN(C)c1ncccc1OC1CCN(C(=O)c2ccc(C#N)cc2)C1. The summed E-state index contributed by atoms with van der Waals surface area (Å²) < 4.78 is 6.08. The molecule has 1 aromatic carbocycles. The first-order valence-electron chi connectivity index (χ1n) is 8.17. The highest BCUT2D eigenvalue weighted by atomic mass is 16.5. The Morgan fingerprint density at radius 2 is 2.08 bits per heavy atom. The maximum Gasteiger partial charge on any atom is 0.253 e. The van der Waals surface area contributed by atoms with Crippen LogP contribution in [0, 0.1) is 11.3 Å². The second-order valence-corrected chi connectivity index (χ2v) is 6.19. The van der Waals surface area contributed by atoms with Gasteiger partial charge in [0.15, 0.2) is 11.6 Å². The number of anilines is 1. The number of aromatic nitrogens is 1. The number of nitriles is 1. The van der Waals surface area contributed by atoms with Crippen molar-refractivity contribution in [1.29, 1.82) is 5.26 Å². The maximum absolute atomic E-state index is 12.6. The number of hydrogen-bond acceptors (Lipinski definition) is 5. The Morgan fingerprint density at radius 3 is 2.76 bits per heavy atom. The number of rotatable bonds is 4. The van der Waals surface area contributed by atoms with Crippen molar-refractivity contribution in [2.24, 2.45) is 0 Å². The van der Waals surface area contributed by atoms with Crippen LogP contribution in [0.4, 0.5) is 5.82 Å². The Hall–Kier alpha value is -3.07. The van der Waals surface area contributed by atoms with Crippen LogP contribution in [0.3, 0.4) is 0 Å². The fourth-order valence-electron chi connectivity index (χ4n) is 2.87. The van der Waals surface area contributed by atoms with E-state index < -0.39 is 0 Å². The number of carbonyl (C=O) groups excluding carboxylic acids is 1. The van der Waals surface area contributed by atoms with Crippen molar-refractivity contribution in [3.63, 3.8) is 0 Å². The average molecular weight is 336 g/mol. The molecule has 3 rings (SSSR count). The van der Waals surface area contributed by atoms with E-state index in [-0.39, 0.29) is 12.0 Å². The van der Waals surface area contributed by atoms with Crippen LogP contribution in [-0.4, -0.2) is 49.1 Å². The van der Waals surface area contributed by atoms with E-state index in [0.717, 1.165) is 18.0 Å². The summed E-state index contributed by atoms with van der Waals surface area (Å²) in [5.41, 5.74) is 1.14. The number of nitrogens with zero attached hydrogens (tertiary/aromatic N) is 4. The fraction of sp³-hybridized carbons (Fsp3) is 0.316. The lowest BCUT2D eigenvalue weighted by molar-refractivity contribution is 0.0772. The first-order valence-corrected chi connectivity index (χ1v) is 8.17. The first kappa shape index (κ1) is 16.8. The third-order valence-corrected chi connectivity index (χ3v) is 4.16. The highest BCUT2D eigenvalue weighted by molar-refractivity contribution is 5.94. The second-order valence-electron chi connectivity index (χ2n) is 6.19. The van der Waals surface area contributed by atoms with Crippen LogP contribution in [-0.2, 0) is 0 Å². The molecular weight excluding hydrogens is 316 g/mol. The lowest BCUT2D eigenvalue weighted by Crippen LogP contribution is -2.31. The molecule has 1 saturated heterocycles. The summed E-state index contributed by atoms with van der Waals surface area (Å²) in [4.78, 5) is 20.6. The van der Waals surface area contributed by atoms with Crippen LogP contribution in [0.5, 0.6) is 5.75 Å². The number of hydrogen-bond donors (Lipinski definition) is 0. The molecule has 2 aromatic rings. The molecule has 0 N–H and O–H groups in total. The average Bonchev–Trinajstić information content (AvgIpc) is 3.10. The quantitative estimate of drug-likeness (QED) is 0.857. The van der Waals surface area contributed by atoms with E-state index in [1.54, 1.807) is 35.4 Å². The van der Waals surface area contributed by atoms with Gasteiger partial charge < -0.3 is 14.5 Å². The Bertz CT molecular complexity index is 796. The van der Waals surface area contributed by atoms with Crippen LogP contribution in [0.25, 0.3) is 0 Å². The van der Waals surface area contributed by atoms with Gasteiger partial charge >= 0.3 is 0 Å². The Balaban J connectivity index is 1.65. The van der Waals surface area contributed by atoms with E-state index in [4.69, 9.17) is 10.00 Å². The van der Waals surface area contributed by atoms with Crippen LogP contribution in [0.15, 0.2) is 42.6 Å². The molecule has 1 atom stereocenters. The van der Waals surface area contributed by atoms with Crippen molar-refractivity contribution in [1.82, 2.24) is 9.88 Å². The summed E-state index contributed by atoms with van der Waals surface area (Å²) in [7, 11) is 3.84. The van der Waals surface area contributed by atoms with E-state index in [0.29, 0.717) is 24.2 Å². The lowest BCUT2D eigenvalue weighted by Gasteiger charge is -2.20. The molecule has 128 valence electrons. The molecule has 0 radical (unpaired) electrons. The van der Waals surface area contributed by atoms with E-state index in [1.165, 1.54) is 0 Å². The number of pyridine rings is 1. The minimum atomic E-state index is -0.0507. The highest BCUT2D eigenvalue weighted by Crippen LogP contribution is 2.27. The molecule has 1 aliphatic rings. The lowest BCUT2D eigenvalue weighted by atomic mass is 10.1.